The molecule has 4 heterocycles. The quantitative estimate of drug-likeness (QED) is 0.0557. The molecule has 3 N–H and O–H groups in total. The van der Waals surface area contributed by atoms with Crippen molar-refractivity contribution in [1.82, 2.24) is 48.7 Å². The SMILES string of the molecule is CCC.CN(C)C1CCc2ccc(N)cc2C1.CN(C)C1CCc2ccc(Nc3ncc4cc(C#N)c(=O)n(C5CCCC5)c4n3)cc2C1.CN(C)C1CCc2ccc([N+](=O)[O-])cc2C1.CN(C)C1CCc2ccccc2C1.CS(=O)c1ncc2cc(C#N)c(=O)n(C3CCCC3)c2n1.O=C1CCc2ccccc2C1. The molecule has 16 rings (SSSR count). The van der Waals surface area contributed by atoms with Crippen LogP contribution in [-0.2, 0) is 79.8 Å². The summed E-state index contributed by atoms with van der Waals surface area (Å²) in [5, 5.41) is 34.2. The van der Waals surface area contributed by atoms with Crippen molar-refractivity contribution in [2.75, 3.05) is 73.7 Å². The number of ketones is 1. The maximum Gasteiger partial charge on any atom is 0.270 e. The van der Waals surface area contributed by atoms with Gasteiger partial charge in [-0.05, 0) is 258 Å². The Labute approximate surface area is 651 Å². The van der Waals surface area contributed by atoms with Crippen molar-refractivity contribution in [2.24, 2.45) is 0 Å². The molecule has 0 amide bonds. The van der Waals surface area contributed by atoms with E-state index in [-0.39, 0.29) is 50.1 Å². The fourth-order valence-corrected chi connectivity index (χ4v) is 16.5. The molecule has 0 radical (unpaired) electrons. The summed E-state index contributed by atoms with van der Waals surface area (Å²) >= 11 is 0. The number of hydrogen-bond acceptors (Lipinski definition) is 18. The van der Waals surface area contributed by atoms with Crippen molar-refractivity contribution in [2.45, 2.75) is 209 Å². The molecule has 21 nitrogen and oxygen atoms in total. The molecule has 0 spiro atoms. The van der Waals surface area contributed by atoms with E-state index >= 15 is 0 Å². The first-order valence-electron chi connectivity index (χ1n) is 39.3. The summed E-state index contributed by atoms with van der Waals surface area (Å²) in [6.07, 6.45) is 30.1. The van der Waals surface area contributed by atoms with Crippen LogP contribution in [0.1, 0.15) is 183 Å². The van der Waals surface area contributed by atoms with Crippen molar-refractivity contribution in [3.8, 4) is 12.1 Å². The number of anilines is 3. The smallest absolute Gasteiger partial charge is 0.270 e. The number of fused-ring (bicyclic) bond motifs is 7. The molecule has 580 valence electrons. The van der Waals surface area contributed by atoms with Crippen LogP contribution in [0.15, 0.2) is 142 Å². The highest BCUT2D eigenvalue weighted by atomic mass is 32.2. The van der Waals surface area contributed by atoms with E-state index in [1.807, 2.05) is 42.5 Å². The van der Waals surface area contributed by atoms with Gasteiger partial charge in [0.05, 0.1) is 15.7 Å². The summed E-state index contributed by atoms with van der Waals surface area (Å²) in [4.78, 5) is 73.6. The predicted molar refractivity (Wildman–Crippen MR) is 442 cm³/mol. The molecule has 0 aliphatic heterocycles. The van der Waals surface area contributed by atoms with Crippen LogP contribution in [0.4, 0.5) is 23.0 Å². The Morgan fingerprint density at radius 1 is 0.518 bits per heavy atom. The van der Waals surface area contributed by atoms with E-state index in [1.54, 1.807) is 44.7 Å². The van der Waals surface area contributed by atoms with Gasteiger partial charge in [-0.25, -0.2) is 15.0 Å². The number of nitrogens with two attached hydrogens (primary N) is 1. The number of nitriles is 2. The Morgan fingerprint density at radius 3 is 1.40 bits per heavy atom. The number of pyridine rings is 2. The Kier molecular flexibility index (Phi) is 29.6. The van der Waals surface area contributed by atoms with E-state index in [4.69, 9.17) is 16.0 Å². The molecule has 22 heteroatoms. The van der Waals surface area contributed by atoms with Gasteiger partial charge < -0.3 is 30.7 Å². The van der Waals surface area contributed by atoms with E-state index < -0.39 is 10.8 Å². The molecular formula is C88H111N15O6S. The third kappa shape index (κ3) is 21.5. The molecule has 0 bridgehead atoms. The van der Waals surface area contributed by atoms with Crippen molar-refractivity contribution in [3.63, 3.8) is 0 Å². The maximum atomic E-state index is 13.0. The predicted octanol–water partition coefficient (Wildman–Crippen LogP) is 14.4. The zero-order valence-electron chi connectivity index (χ0n) is 66.3. The van der Waals surface area contributed by atoms with E-state index in [1.165, 1.54) is 102 Å². The number of rotatable bonds is 10. The normalized spacial score (nSPS) is 18.5. The van der Waals surface area contributed by atoms with Crippen LogP contribution in [0.3, 0.4) is 0 Å². The number of hydrogen-bond donors (Lipinski definition) is 2. The molecule has 9 aromatic rings. The molecule has 2 fully saturated rings. The summed E-state index contributed by atoms with van der Waals surface area (Å²) in [6.45, 7) is 4.25. The topological polar surface area (TPSA) is 271 Å². The maximum absolute atomic E-state index is 13.0. The molecule has 5 aromatic carbocycles. The van der Waals surface area contributed by atoms with Gasteiger partial charge >= 0.3 is 0 Å². The highest BCUT2D eigenvalue weighted by Crippen LogP contribution is 2.35. The number of benzene rings is 5. The number of nitrogens with one attached hydrogen (secondary N) is 1. The van der Waals surface area contributed by atoms with E-state index in [0.29, 0.717) is 53.0 Å². The number of nitrogen functional groups attached to an aromatic ring is 1. The van der Waals surface area contributed by atoms with Gasteiger partial charge in [0, 0.05) is 102 Å². The first-order chi connectivity index (χ1) is 52.9. The molecule has 0 saturated heterocycles. The number of aromatic nitrogens is 6. The summed E-state index contributed by atoms with van der Waals surface area (Å²) in [6, 6.07) is 44.8. The van der Waals surface area contributed by atoms with Crippen LogP contribution in [0.2, 0.25) is 0 Å². The van der Waals surface area contributed by atoms with E-state index in [9.17, 15) is 34.0 Å². The minimum atomic E-state index is -1.31. The van der Waals surface area contributed by atoms with Crippen LogP contribution in [0, 0.1) is 32.8 Å². The summed E-state index contributed by atoms with van der Waals surface area (Å²) in [5.41, 5.74) is 22.4. The number of carbonyl (C=O) groups excluding carboxylic acids is 1. The number of likely N-dealkylation sites (N-methyl/N-ethyl adjacent to an activating group) is 4. The van der Waals surface area contributed by atoms with Crippen molar-refractivity contribution in [3.05, 3.63) is 225 Å². The Balaban J connectivity index is 0.000000145. The summed E-state index contributed by atoms with van der Waals surface area (Å²) in [7, 11) is 15.8. The molecule has 7 aliphatic rings. The molecular weight excluding hydrogens is 1400 g/mol. The van der Waals surface area contributed by atoms with Crippen LogP contribution >= 0.6 is 0 Å². The Morgan fingerprint density at radius 2 is 0.927 bits per heavy atom. The second kappa shape index (κ2) is 39.3. The Bertz CT molecular complexity index is 4930. The fraction of sp³-hybridized carbons (Fsp3) is 0.466. The van der Waals surface area contributed by atoms with Gasteiger partial charge in [-0.3, -0.25) is 37.8 Å². The van der Waals surface area contributed by atoms with Gasteiger partial charge in [0.25, 0.3) is 16.8 Å². The van der Waals surface area contributed by atoms with Crippen molar-refractivity contribution in [1.29, 1.82) is 10.5 Å². The average Bonchev–Trinajstić information content (AvgIpc) is 1.38. The standard InChI is InChI=1S/C25H28N6O.C14H14N4O2S.C12H16N2O2.C12H18N2.C12H17N.C10H10O.C3H8/c1-30(2)22-10-8-16-7-9-20(12-17(16)13-22)28-25-27-15-19-11-18(14-26)24(32)31(23(19)29-25)21-5-3-4-6-21;1-21(20)14-16-8-10-6-9(7-15)13(19)18(12(10)17-14)11-4-2-3-5-11;1-13(2)11-5-3-9-4-6-12(14(15)16)8-10(9)7-11;1-14(2)12-6-4-9-3-5-11(13)7-10(9)8-12;1-13(2)12-8-7-10-5-3-4-6-11(10)9-12;11-10-6-5-8-3-1-2-4-9(8)7-10;1-3-2/h7,9,11-12,15,21-22H,3-6,8,10,13H2,1-2H3,(H,27,28,29);6,8,11H,2-5H2,1H3;4,6,8,11H,3,5,7H2,1-2H3;3,5,7,12H,4,6,8,13H2,1-2H3;3-6,12H,7-9H2,1-2H3;1-4H,5-7H2;3H2,1-2H3. The van der Waals surface area contributed by atoms with E-state index in [0.717, 1.165) is 131 Å². The van der Waals surface area contributed by atoms with Crippen LogP contribution < -0.4 is 22.2 Å². The summed E-state index contributed by atoms with van der Waals surface area (Å²) in [5.74, 6) is 0.844. The zero-order valence-corrected chi connectivity index (χ0v) is 67.1. The lowest BCUT2D eigenvalue weighted by atomic mass is 9.87. The number of carbonyl (C=O) groups is 1. The molecule has 2 saturated carbocycles. The van der Waals surface area contributed by atoms with Crippen LogP contribution in [-0.4, -0.2) is 150 Å². The monoisotopic (exact) mass is 1510 g/mol. The van der Waals surface area contributed by atoms with Gasteiger partial charge in [0.1, 0.15) is 40.3 Å². The molecule has 5 atom stereocenters. The number of aryl methyl sites for hydroxylation is 5. The van der Waals surface area contributed by atoms with Crippen LogP contribution in [0.25, 0.3) is 22.1 Å². The van der Waals surface area contributed by atoms with E-state index in [2.05, 4.69) is 171 Å². The first-order valence-corrected chi connectivity index (χ1v) is 40.8. The highest BCUT2D eigenvalue weighted by molar-refractivity contribution is 7.84. The van der Waals surface area contributed by atoms with Gasteiger partial charge in [-0.15, -0.1) is 0 Å². The lowest BCUT2D eigenvalue weighted by Gasteiger charge is -2.30. The lowest BCUT2D eigenvalue weighted by Crippen LogP contribution is -2.33. The molecule has 7 aliphatic carbocycles. The van der Waals surface area contributed by atoms with Gasteiger partial charge in [0.2, 0.25) is 11.1 Å². The molecule has 5 unspecified atom stereocenters. The van der Waals surface area contributed by atoms with Crippen molar-refractivity contribution >= 4 is 61.7 Å². The molecule has 110 heavy (non-hydrogen) atoms. The second-order valence-corrected chi connectivity index (χ2v) is 32.4. The summed E-state index contributed by atoms with van der Waals surface area (Å²) < 4.78 is 14.9. The Hall–Kier alpha value is -9.68. The molecule has 4 aromatic heterocycles. The minimum absolute atomic E-state index is 0.0568. The lowest BCUT2D eigenvalue weighted by molar-refractivity contribution is -0.384. The number of non-ortho nitro benzene ring substituents is 1. The first kappa shape index (κ1) is 82.8. The highest BCUT2D eigenvalue weighted by Gasteiger charge is 2.28. The third-order valence-electron chi connectivity index (χ3n) is 22.5. The zero-order chi connectivity index (χ0) is 78.7. The van der Waals surface area contributed by atoms with Crippen LogP contribution in [0.5, 0.6) is 0 Å². The number of nitro benzene ring substituents is 1. The van der Waals surface area contributed by atoms with Gasteiger partial charge in [0.15, 0.2) is 0 Å². The number of nitro groups is 1. The third-order valence-corrected chi connectivity index (χ3v) is 23.2. The fourth-order valence-electron chi connectivity index (χ4n) is 16.1. The van der Waals surface area contributed by atoms with Gasteiger partial charge in [-0.2, -0.15) is 15.5 Å². The largest absolute Gasteiger partial charge is 0.399 e. The average molecular weight is 1510 g/mol. The minimum Gasteiger partial charge on any atom is -0.399 e. The van der Waals surface area contributed by atoms with Gasteiger partial charge in [-0.1, -0.05) is 113 Å². The number of nitrogens with zero attached hydrogens (tertiary/aromatic N) is 13. The second-order valence-electron chi connectivity index (χ2n) is 31.2. The number of Topliss-reactive ketones (excluding diaryl/α,β-unsaturated/α-hetero) is 1. The van der Waals surface area contributed by atoms with Crippen molar-refractivity contribution < 1.29 is 13.9 Å².